The van der Waals surface area contributed by atoms with Crippen LogP contribution < -0.4 is 9.47 Å². The van der Waals surface area contributed by atoms with Crippen molar-refractivity contribution >= 4 is 27.6 Å². The lowest BCUT2D eigenvalue weighted by molar-refractivity contribution is 0.101. The highest BCUT2D eigenvalue weighted by Gasteiger charge is 2.25. The van der Waals surface area contributed by atoms with E-state index in [2.05, 4.69) is 4.98 Å². The molecule has 0 radical (unpaired) electrons. The van der Waals surface area contributed by atoms with Gasteiger partial charge in [-0.3, -0.25) is 4.79 Å². The molecule has 1 aromatic heterocycles. The molecule has 1 aliphatic heterocycles. The molecule has 1 saturated heterocycles. The Morgan fingerprint density at radius 3 is 2.48 bits per heavy atom. The first kappa shape index (κ1) is 25.5. The summed E-state index contributed by atoms with van der Waals surface area (Å²) >= 11 is 1.31. The van der Waals surface area contributed by atoms with Crippen LogP contribution in [0.2, 0.25) is 0 Å². The molecular weight excluding hydrogens is 464 g/mol. The van der Waals surface area contributed by atoms with Gasteiger partial charge in [0.15, 0.2) is 17.3 Å². The number of hydrogen-bond donors (Lipinski definition) is 1. The molecule has 1 fully saturated rings. The van der Waals surface area contributed by atoms with E-state index in [0.29, 0.717) is 40.9 Å². The second-order valence-corrected chi connectivity index (χ2v) is 10.8. The summed E-state index contributed by atoms with van der Waals surface area (Å²) in [5.74, 6) is 1.10. The van der Waals surface area contributed by atoms with E-state index in [1.54, 1.807) is 34.6 Å². The summed E-state index contributed by atoms with van der Waals surface area (Å²) in [4.78, 5) is 16.0. The third-order valence-corrected chi connectivity index (χ3v) is 8.31. The van der Waals surface area contributed by atoms with Gasteiger partial charge in [-0.1, -0.05) is 12.8 Å². The van der Waals surface area contributed by atoms with Gasteiger partial charge in [-0.2, -0.15) is 4.31 Å². The third kappa shape index (κ3) is 6.92. The number of carbonyl (C=O) groups excluding carboxylic acids is 1. The quantitative estimate of drug-likeness (QED) is 0.396. The Labute approximate surface area is 199 Å². The van der Waals surface area contributed by atoms with Gasteiger partial charge in [0.25, 0.3) is 0 Å². The predicted octanol–water partition coefficient (Wildman–Crippen LogP) is 3.39. The van der Waals surface area contributed by atoms with Gasteiger partial charge in [0.1, 0.15) is 11.5 Å². The van der Waals surface area contributed by atoms with Gasteiger partial charge in [-0.25, -0.2) is 13.4 Å². The molecule has 2 aromatic rings. The van der Waals surface area contributed by atoms with Crippen molar-refractivity contribution in [3.8, 4) is 11.5 Å². The molecule has 33 heavy (non-hydrogen) atoms. The fourth-order valence-electron chi connectivity index (χ4n) is 3.46. The van der Waals surface area contributed by atoms with Gasteiger partial charge < -0.3 is 14.6 Å². The topological polar surface area (TPSA) is 106 Å². The zero-order valence-corrected chi connectivity index (χ0v) is 20.5. The number of aliphatic hydroxyl groups excluding tert-OH is 1. The zero-order valence-electron chi connectivity index (χ0n) is 18.9. The maximum atomic E-state index is 12.8. The Morgan fingerprint density at radius 2 is 1.88 bits per heavy atom. The van der Waals surface area contributed by atoms with Crippen LogP contribution >= 0.6 is 11.8 Å². The number of methoxy groups -OCH3 is 1. The van der Waals surface area contributed by atoms with Crippen LogP contribution in [0.15, 0.2) is 46.5 Å². The van der Waals surface area contributed by atoms with Crippen LogP contribution in [0.1, 0.15) is 43.0 Å². The summed E-state index contributed by atoms with van der Waals surface area (Å²) in [6, 6.07) is 8.11. The summed E-state index contributed by atoms with van der Waals surface area (Å²) in [5, 5.41) is 10.9. The fraction of sp³-hybridized carbons (Fsp3) is 0.478. The van der Waals surface area contributed by atoms with E-state index in [4.69, 9.17) is 9.47 Å². The lowest BCUT2D eigenvalue weighted by Crippen LogP contribution is -2.32. The second-order valence-electron chi connectivity index (χ2n) is 7.85. The van der Waals surface area contributed by atoms with E-state index in [1.807, 2.05) is 0 Å². The predicted molar refractivity (Wildman–Crippen MR) is 127 cm³/mol. The number of carbonyl (C=O) groups is 1. The van der Waals surface area contributed by atoms with Gasteiger partial charge in [-0.05, 0) is 50.1 Å². The second kappa shape index (κ2) is 11.8. The minimum atomic E-state index is -3.53. The number of hydrogen-bond acceptors (Lipinski definition) is 8. The number of rotatable bonds is 10. The standard InChI is InChI=1S/C23H30N2O6S2/c1-17(26)18-7-9-21(22(13-18)30-2)31-15-19(27)16-32-23-10-8-20(14-24-23)33(28,29)25-11-5-3-4-6-12-25/h7-10,13-14,19,27H,3-6,11-12,15-16H2,1-2H3. The zero-order chi connectivity index (χ0) is 23.8. The van der Waals surface area contributed by atoms with Crippen molar-refractivity contribution < 1.29 is 27.8 Å². The number of Topliss-reactive ketones (excluding diaryl/α,β-unsaturated/α-hetero) is 1. The molecule has 3 rings (SSSR count). The van der Waals surface area contributed by atoms with Crippen molar-refractivity contribution in [3.05, 3.63) is 42.1 Å². The van der Waals surface area contributed by atoms with Crippen LogP contribution in [0.25, 0.3) is 0 Å². The van der Waals surface area contributed by atoms with Crippen molar-refractivity contribution in [1.82, 2.24) is 9.29 Å². The van der Waals surface area contributed by atoms with Crippen LogP contribution in [-0.4, -0.2) is 67.3 Å². The van der Waals surface area contributed by atoms with Gasteiger partial charge in [0.05, 0.1) is 18.2 Å². The summed E-state index contributed by atoms with van der Waals surface area (Å²) in [6.07, 6.45) is 4.48. The van der Waals surface area contributed by atoms with Crippen LogP contribution in [0.3, 0.4) is 0 Å². The number of ketones is 1. The number of ether oxygens (including phenoxy) is 2. The molecule has 0 amide bonds. The Balaban J connectivity index is 1.52. The first-order valence-corrected chi connectivity index (χ1v) is 13.3. The summed E-state index contributed by atoms with van der Waals surface area (Å²) < 4.78 is 38.1. The van der Waals surface area contributed by atoms with Crippen molar-refractivity contribution in [2.75, 3.05) is 32.6 Å². The molecule has 1 unspecified atom stereocenters. The number of thioether (sulfide) groups is 1. The molecule has 0 spiro atoms. The molecule has 10 heteroatoms. The van der Waals surface area contributed by atoms with Gasteiger partial charge in [-0.15, -0.1) is 11.8 Å². The van der Waals surface area contributed by atoms with E-state index in [0.717, 1.165) is 25.7 Å². The van der Waals surface area contributed by atoms with Crippen molar-refractivity contribution in [2.24, 2.45) is 0 Å². The van der Waals surface area contributed by atoms with Crippen molar-refractivity contribution in [1.29, 1.82) is 0 Å². The van der Waals surface area contributed by atoms with E-state index in [-0.39, 0.29) is 17.3 Å². The molecule has 0 aliphatic carbocycles. The number of aromatic nitrogens is 1. The van der Waals surface area contributed by atoms with Crippen LogP contribution in [-0.2, 0) is 10.0 Å². The number of sulfonamides is 1. The lowest BCUT2D eigenvalue weighted by atomic mass is 10.1. The number of pyridine rings is 1. The monoisotopic (exact) mass is 494 g/mol. The number of aliphatic hydroxyl groups is 1. The Kier molecular flexibility index (Phi) is 9.13. The molecule has 8 nitrogen and oxygen atoms in total. The highest BCUT2D eigenvalue weighted by atomic mass is 32.2. The first-order valence-electron chi connectivity index (χ1n) is 10.9. The summed E-state index contributed by atoms with van der Waals surface area (Å²) in [5.41, 5.74) is 0.516. The number of benzene rings is 1. The highest BCUT2D eigenvalue weighted by molar-refractivity contribution is 7.99. The largest absolute Gasteiger partial charge is 0.493 e. The Bertz CT molecular complexity index is 1040. The van der Waals surface area contributed by atoms with Crippen LogP contribution in [0.5, 0.6) is 11.5 Å². The fourth-order valence-corrected chi connectivity index (χ4v) is 5.67. The molecule has 1 atom stereocenters. The molecule has 2 heterocycles. The lowest BCUT2D eigenvalue weighted by Gasteiger charge is -2.19. The average Bonchev–Trinajstić information content (AvgIpc) is 3.12. The molecule has 1 aromatic carbocycles. The molecule has 0 saturated carbocycles. The SMILES string of the molecule is COc1cc(C(C)=O)ccc1OCC(O)CSc1ccc(S(=O)(=O)N2CCCCCC2)cn1. The van der Waals surface area contributed by atoms with Crippen LogP contribution in [0.4, 0.5) is 0 Å². The smallest absolute Gasteiger partial charge is 0.244 e. The van der Waals surface area contributed by atoms with Gasteiger partial charge >= 0.3 is 0 Å². The molecule has 1 aliphatic rings. The van der Waals surface area contributed by atoms with Crippen molar-refractivity contribution in [2.45, 2.75) is 48.6 Å². The minimum absolute atomic E-state index is 0.0319. The molecule has 180 valence electrons. The first-order chi connectivity index (χ1) is 15.8. The normalized spacial score (nSPS) is 16.1. The Morgan fingerprint density at radius 1 is 1.15 bits per heavy atom. The van der Waals surface area contributed by atoms with Gasteiger partial charge in [0.2, 0.25) is 10.0 Å². The Hall–Kier alpha value is -2.14. The maximum absolute atomic E-state index is 12.8. The van der Waals surface area contributed by atoms with E-state index in [9.17, 15) is 18.3 Å². The van der Waals surface area contributed by atoms with E-state index < -0.39 is 16.1 Å². The molecule has 0 bridgehead atoms. The van der Waals surface area contributed by atoms with E-state index in [1.165, 1.54) is 32.0 Å². The minimum Gasteiger partial charge on any atom is -0.493 e. The summed E-state index contributed by atoms with van der Waals surface area (Å²) in [7, 11) is -2.04. The third-order valence-electron chi connectivity index (χ3n) is 5.34. The van der Waals surface area contributed by atoms with Crippen molar-refractivity contribution in [3.63, 3.8) is 0 Å². The van der Waals surface area contributed by atoms with Crippen LogP contribution in [0, 0.1) is 0 Å². The number of nitrogens with zero attached hydrogens (tertiary/aromatic N) is 2. The average molecular weight is 495 g/mol. The summed E-state index contributed by atoms with van der Waals surface area (Å²) in [6.45, 7) is 2.60. The maximum Gasteiger partial charge on any atom is 0.244 e. The van der Waals surface area contributed by atoms with E-state index >= 15 is 0 Å². The highest BCUT2D eigenvalue weighted by Crippen LogP contribution is 2.29. The molecule has 1 N–H and O–H groups in total. The molecular formula is C23H30N2O6S2. The van der Waals surface area contributed by atoms with Gasteiger partial charge in [0, 0.05) is 30.6 Å².